The molecular formula is C15H17F2N3O2. The molecule has 118 valence electrons. The number of benzene rings is 1. The zero-order valence-electron chi connectivity index (χ0n) is 12.3. The Kier molecular flexibility index (Phi) is 4.87. The van der Waals surface area contributed by atoms with Crippen LogP contribution in [-0.2, 0) is 20.1 Å². The van der Waals surface area contributed by atoms with Crippen molar-refractivity contribution >= 4 is 5.97 Å². The summed E-state index contributed by atoms with van der Waals surface area (Å²) >= 11 is 0. The van der Waals surface area contributed by atoms with Crippen molar-refractivity contribution in [2.75, 3.05) is 0 Å². The van der Waals surface area contributed by atoms with Gasteiger partial charge in [0.05, 0.1) is 5.56 Å². The summed E-state index contributed by atoms with van der Waals surface area (Å²) in [6, 6.07) is 5.03. The second kappa shape index (κ2) is 6.65. The lowest BCUT2D eigenvalue weighted by Gasteiger charge is -2.07. The van der Waals surface area contributed by atoms with Crippen molar-refractivity contribution in [3.63, 3.8) is 0 Å². The number of aromatic carboxylic acids is 1. The number of carbonyl (C=O) groups is 1. The summed E-state index contributed by atoms with van der Waals surface area (Å²) in [6.07, 6.45) is -1.04. The Bertz CT molecular complexity index is 683. The Hall–Kier alpha value is -2.28. The molecule has 0 saturated heterocycles. The van der Waals surface area contributed by atoms with Crippen molar-refractivity contribution in [2.24, 2.45) is 7.05 Å². The third kappa shape index (κ3) is 3.67. The van der Waals surface area contributed by atoms with Crippen LogP contribution in [0.25, 0.3) is 0 Å². The predicted octanol–water partition coefficient (Wildman–Crippen LogP) is 2.65. The summed E-state index contributed by atoms with van der Waals surface area (Å²) in [7, 11) is 1.60. The number of alkyl halides is 2. The van der Waals surface area contributed by atoms with E-state index in [4.69, 9.17) is 5.11 Å². The molecule has 0 spiro atoms. The zero-order chi connectivity index (χ0) is 16.3. The Morgan fingerprint density at radius 1 is 1.41 bits per heavy atom. The van der Waals surface area contributed by atoms with Crippen LogP contribution in [-0.4, -0.2) is 20.9 Å². The van der Waals surface area contributed by atoms with Gasteiger partial charge >= 0.3 is 5.97 Å². The number of hydrogen-bond donors (Lipinski definition) is 2. The summed E-state index contributed by atoms with van der Waals surface area (Å²) in [5.74, 6) is -0.964. The molecule has 5 nitrogen and oxygen atoms in total. The van der Waals surface area contributed by atoms with Gasteiger partial charge in [0.2, 0.25) is 0 Å². The minimum atomic E-state index is -2.60. The molecule has 7 heteroatoms. The van der Waals surface area contributed by atoms with Crippen LogP contribution in [0.3, 0.4) is 0 Å². The third-order valence-electron chi connectivity index (χ3n) is 3.31. The maximum absolute atomic E-state index is 12.8. The highest BCUT2D eigenvalue weighted by atomic mass is 19.3. The Labute approximate surface area is 126 Å². The van der Waals surface area contributed by atoms with E-state index in [1.807, 2.05) is 0 Å². The van der Waals surface area contributed by atoms with Gasteiger partial charge in [0.25, 0.3) is 6.43 Å². The molecule has 0 amide bonds. The third-order valence-corrected chi connectivity index (χ3v) is 3.31. The summed E-state index contributed by atoms with van der Waals surface area (Å²) in [5.41, 5.74) is 2.06. The highest BCUT2D eigenvalue weighted by Gasteiger charge is 2.16. The Morgan fingerprint density at radius 2 is 2.14 bits per heavy atom. The van der Waals surface area contributed by atoms with E-state index in [1.54, 1.807) is 38.4 Å². The molecule has 22 heavy (non-hydrogen) atoms. The van der Waals surface area contributed by atoms with Crippen molar-refractivity contribution in [1.82, 2.24) is 15.1 Å². The molecule has 1 aromatic heterocycles. The molecule has 0 unspecified atom stereocenters. The minimum absolute atomic E-state index is 0.215. The van der Waals surface area contributed by atoms with Gasteiger partial charge in [-0.1, -0.05) is 12.1 Å². The smallest absolute Gasteiger partial charge is 0.335 e. The molecule has 1 heterocycles. The second-order valence-corrected chi connectivity index (χ2v) is 5.07. The summed E-state index contributed by atoms with van der Waals surface area (Å²) < 4.78 is 27.0. The van der Waals surface area contributed by atoms with Gasteiger partial charge in [-0.25, -0.2) is 13.6 Å². The van der Waals surface area contributed by atoms with E-state index in [-0.39, 0.29) is 17.8 Å². The van der Waals surface area contributed by atoms with E-state index < -0.39 is 12.4 Å². The molecule has 0 atom stereocenters. The molecule has 1 aromatic carbocycles. The summed E-state index contributed by atoms with van der Waals surface area (Å²) in [6.45, 7) is 2.45. The van der Waals surface area contributed by atoms with Crippen LogP contribution in [0.4, 0.5) is 8.78 Å². The number of rotatable bonds is 6. The van der Waals surface area contributed by atoms with E-state index in [0.29, 0.717) is 17.7 Å². The average molecular weight is 309 g/mol. The van der Waals surface area contributed by atoms with E-state index in [9.17, 15) is 13.6 Å². The first-order valence-electron chi connectivity index (χ1n) is 6.72. The topological polar surface area (TPSA) is 67.2 Å². The fourth-order valence-electron chi connectivity index (χ4n) is 2.29. The quantitative estimate of drug-likeness (QED) is 0.861. The molecule has 0 saturated carbocycles. The number of nitrogens with zero attached hydrogens (tertiary/aromatic N) is 2. The highest BCUT2D eigenvalue weighted by Crippen LogP contribution is 2.20. The van der Waals surface area contributed by atoms with E-state index in [0.717, 1.165) is 5.56 Å². The van der Waals surface area contributed by atoms with Crippen LogP contribution in [0, 0.1) is 6.92 Å². The lowest BCUT2D eigenvalue weighted by Crippen LogP contribution is -2.14. The first-order chi connectivity index (χ1) is 10.4. The van der Waals surface area contributed by atoms with Crippen molar-refractivity contribution < 1.29 is 18.7 Å². The summed E-state index contributed by atoms with van der Waals surface area (Å²) in [5, 5.41) is 15.8. The number of aromatic nitrogens is 2. The van der Waals surface area contributed by atoms with E-state index >= 15 is 0 Å². The molecule has 0 aliphatic carbocycles. The minimum Gasteiger partial charge on any atom is -0.478 e. The number of aryl methyl sites for hydroxylation is 2. The molecule has 2 aromatic rings. The van der Waals surface area contributed by atoms with Gasteiger partial charge in [-0.05, 0) is 24.1 Å². The van der Waals surface area contributed by atoms with Crippen LogP contribution in [0.5, 0.6) is 0 Å². The number of carboxylic acid groups (broad SMARTS) is 1. The molecule has 0 aliphatic rings. The first-order valence-corrected chi connectivity index (χ1v) is 6.72. The van der Waals surface area contributed by atoms with Gasteiger partial charge in [0.15, 0.2) is 0 Å². The zero-order valence-corrected chi connectivity index (χ0v) is 12.3. The van der Waals surface area contributed by atoms with Crippen molar-refractivity contribution in [3.8, 4) is 0 Å². The average Bonchev–Trinajstić information content (AvgIpc) is 2.80. The lowest BCUT2D eigenvalue weighted by atomic mass is 10.1. The molecule has 0 fully saturated rings. The first kappa shape index (κ1) is 16.1. The molecule has 0 radical (unpaired) electrons. The van der Waals surface area contributed by atoms with Crippen molar-refractivity contribution in [2.45, 2.75) is 26.4 Å². The van der Waals surface area contributed by atoms with Gasteiger partial charge in [-0.3, -0.25) is 4.68 Å². The lowest BCUT2D eigenvalue weighted by molar-refractivity contribution is 0.0696. The van der Waals surface area contributed by atoms with Crippen molar-refractivity contribution in [3.05, 3.63) is 52.3 Å². The molecule has 2 rings (SSSR count). The predicted molar refractivity (Wildman–Crippen MR) is 76.8 cm³/mol. The molecular weight excluding hydrogens is 292 g/mol. The SMILES string of the molecule is Cc1cc(CNCc2cn(C)nc2C(F)F)ccc1C(=O)O. The van der Waals surface area contributed by atoms with E-state index in [2.05, 4.69) is 10.4 Å². The maximum atomic E-state index is 12.8. The fourth-order valence-corrected chi connectivity index (χ4v) is 2.29. The van der Waals surface area contributed by atoms with Crippen LogP contribution < -0.4 is 5.32 Å². The number of nitrogens with one attached hydrogen (secondary N) is 1. The van der Waals surface area contributed by atoms with E-state index in [1.165, 1.54) is 4.68 Å². The van der Waals surface area contributed by atoms with Crippen LogP contribution >= 0.6 is 0 Å². The standard InChI is InChI=1S/C15H17F2N3O2/c1-9-5-10(3-4-12(9)15(21)22)6-18-7-11-8-20(2)19-13(11)14(16)17/h3-5,8,14,18H,6-7H2,1-2H3,(H,21,22). The van der Waals surface area contributed by atoms with Crippen LogP contribution in [0.15, 0.2) is 24.4 Å². The van der Waals surface area contributed by atoms with Crippen LogP contribution in [0.1, 0.15) is 39.2 Å². The van der Waals surface area contributed by atoms with Gasteiger partial charge in [-0.2, -0.15) is 5.10 Å². The van der Waals surface area contributed by atoms with Gasteiger partial charge in [0.1, 0.15) is 5.69 Å². The van der Waals surface area contributed by atoms with Gasteiger partial charge in [-0.15, -0.1) is 0 Å². The van der Waals surface area contributed by atoms with Crippen molar-refractivity contribution in [1.29, 1.82) is 0 Å². The monoisotopic (exact) mass is 309 g/mol. The highest BCUT2D eigenvalue weighted by molar-refractivity contribution is 5.89. The number of halogens is 2. The number of hydrogen-bond acceptors (Lipinski definition) is 3. The summed E-state index contributed by atoms with van der Waals surface area (Å²) in [4.78, 5) is 10.9. The van der Waals surface area contributed by atoms with Gasteiger partial charge in [0, 0.05) is 31.9 Å². The number of carboxylic acids is 1. The Balaban J connectivity index is 2.00. The second-order valence-electron chi connectivity index (χ2n) is 5.07. The normalized spacial score (nSPS) is 11.1. The Morgan fingerprint density at radius 3 is 2.73 bits per heavy atom. The fraction of sp³-hybridized carbons (Fsp3) is 0.333. The largest absolute Gasteiger partial charge is 0.478 e. The van der Waals surface area contributed by atoms with Gasteiger partial charge < -0.3 is 10.4 Å². The molecule has 0 aliphatic heterocycles. The maximum Gasteiger partial charge on any atom is 0.335 e. The van der Waals surface area contributed by atoms with Crippen LogP contribution in [0.2, 0.25) is 0 Å². The molecule has 2 N–H and O–H groups in total. The molecule has 0 bridgehead atoms.